The molecule has 4 nitrogen and oxygen atoms in total. The maximum Gasteiger partial charge on any atom is 0.220 e. The molecule has 0 spiro atoms. The number of imidazole rings is 1. The second kappa shape index (κ2) is 9.73. The van der Waals surface area contributed by atoms with Gasteiger partial charge in [-0.05, 0) is 36.5 Å². The van der Waals surface area contributed by atoms with Crippen molar-refractivity contribution in [3.8, 4) is 0 Å². The van der Waals surface area contributed by atoms with Gasteiger partial charge in [0.05, 0.1) is 17.6 Å². The molecule has 1 aliphatic rings. The number of fused-ring (bicyclic) bond motifs is 1. The first kappa shape index (κ1) is 19.7. The molecule has 0 bridgehead atoms. The van der Waals surface area contributed by atoms with Crippen molar-refractivity contribution in [3.63, 3.8) is 0 Å². The van der Waals surface area contributed by atoms with E-state index in [-0.39, 0.29) is 5.91 Å². The quantitative estimate of drug-likeness (QED) is 0.571. The summed E-state index contributed by atoms with van der Waals surface area (Å²) >= 11 is 0. The van der Waals surface area contributed by atoms with E-state index >= 15 is 0 Å². The third-order valence-electron chi connectivity index (χ3n) is 6.15. The smallest absolute Gasteiger partial charge is 0.220 e. The van der Waals surface area contributed by atoms with E-state index in [1.807, 2.05) is 24.3 Å². The molecule has 0 saturated heterocycles. The van der Waals surface area contributed by atoms with Crippen LogP contribution in [0.5, 0.6) is 0 Å². The van der Waals surface area contributed by atoms with Gasteiger partial charge >= 0.3 is 0 Å². The first-order chi connectivity index (χ1) is 14.3. The van der Waals surface area contributed by atoms with Gasteiger partial charge in [0.15, 0.2) is 0 Å². The van der Waals surface area contributed by atoms with Crippen LogP contribution in [0.3, 0.4) is 0 Å². The number of rotatable bonds is 8. The molecule has 1 heterocycles. The fourth-order valence-electron chi connectivity index (χ4n) is 4.47. The summed E-state index contributed by atoms with van der Waals surface area (Å²) in [5.74, 6) is 1.88. The molecule has 152 valence electrons. The van der Waals surface area contributed by atoms with Gasteiger partial charge in [-0.2, -0.15) is 0 Å². The largest absolute Gasteiger partial charge is 0.349 e. The molecule has 1 aliphatic carbocycles. The second-order valence-corrected chi connectivity index (χ2v) is 8.22. The first-order valence-corrected chi connectivity index (χ1v) is 11.0. The molecule has 4 heteroatoms. The van der Waals surface area contributed by atoms with Gasteiger partial charge in [-0.15, -0.1) is 0 Å². The summed E-state index contributed by atoms with van der Waals surface area (Å²) in [4.78, 5) is 17.2. The zero-order valence-corrected chi connectivity index (χ0v) is 17.1. The van der Waals surface area contributed by atoms with Gasteiger partial charge in [0.25, 0.3) is 0 Å². The maximum absolute atomic E-state index is 12.4. The SMILES string of the molecule is O=C(CCc1ccccc1)NCc1nc2ccccc2n1CCC1CCCCC1. The normalized spacial score (nSPS) is 14.9. The molecule has 0 radical (unpaired) electrons. The van der Waals surface area contributed by atoms with E-state index in [1.54, 1.807) is 0 Å². The predicted octanol–water partition coefficient (Wildman–Crippen LogP) is 5.26. The average Bonchev–Trinajstić information content (AvgIpc) is 3.14. The molecule has 0 atom stereocenters. The molecule has 0 unspecified atom stereocenters. The summed E-state index contributed by atoms with van der Waals surface area (Å²) in [6.07, 6.45) is 9.34. The van der Waals surface area contributed by atoms with Gasteiger partial charge < -0.3 is 9.88 Å². The minimum Gasteiger partial charge on any atom is -0.349 e. The van der Waals surface area contributed by atoms with Crippen LogP contribution in [0.25, 0.3) is 11.0 Å². The Hall–Kier alpha value is -2.62. The minimum atomic E-state index is 0.0831. The molecule has 3 aromatic rings. The van der Waals surface area contributed by atoms with Gasteiger partial charge in [-0.25, -0.2) is 4.98 Å². The summed E-state index contributed by atoms with van der Waals surface area (Å²) < 4.78 is 2.32. The molecule has 29 heavy (non-hydrogen) atoms. The molecule has 1 saturated carbocycles. The van der Waals surface area contributed by atoms with E-state index in [4.69, 9.17) is 4.98 Å². The van der Waals surface area contributed by atoms with Crippen LogP contribution in [0.4, 0.5) is 0 Å². The van der Waals surface area contributed by atoms with E-state index in [1.165, 1.54) is 49.6 Å². The molecule has 1 aromatic heterocycles. The van der Waals surface area contributed by atoms with Crippen molar-refractivity contribution >= 4 is 16.9 Å². The Morgan fingerprint density at radius 2 is 1.76 bits per heavy atom. The highest BCUT2D eigenvalue weighted by atomic mass is 16.1. The van der Waals surface area contributed by atoms with E-state index in [0.717, 1.165) is 30.2 Å². The highest BCUT2D eigenvalue weighted by Gasteiger charge is 2.16. The van der Waals surface area contributed by atoms with Crippen LogP contribution in [0.1, 0.15) is 56.3 Å². The van der Waals surface area contributed by atoms with E-state index in [9.17, 15) is 4.79 Å². The fraction of sp³-hybridized carbons (Fsp3) is 0.440. The number of para-hydroxylation sites is 2. The average molecular weight is 390 g/mol. The predicted molar refractivity (Wildman–Crippen MR) is 118 cm³/mol. The van der Waals surface area contributed by atoms with Crippen molar-refractivity contribution in [3.05, 3.63) is 66.0 Å². The number of aromatic nitrogens is 2. The Morgan fingerprint density at radius 3 is 2.59 bits per heavy atom. The molecular weight excluding hydrogens is 358 g/mol. The first-order valence-electron chi connectivity index (χ1n) is 11.0. The maximum atomic E-state index is 12.4. The van der Waals surface area contributed by atoms with Crippen LogP contribution in [0, 0.1) is 5.92 Å². The third-order valence-corrected chi connectivity index (χ3v) is 6.15. The zero-order chi connectivity index (χ0) is 19.9. The third kappa shape index (κ3) is 5.26. The van der Waals surface area contributed by atoms with Crippen molar-refractivity contribution in [1.29, 1.82) is 0 Å². The van der Waals surface area contributed by atoms with Gasteiger partial charge in [0.2, 0.25) is 5.91 Å². The van der Waals surface area contributed by atoms with Crippen LogP contribution < -0.4 is 5.32 Å². The standard InChI is InChI=1S/C25H31N3O/c29-25(16-15-20-9-3-1-4-10-20)26-19-24-27-22-13-7-8-14-23(22)28(24)18-17-21-11-5-2-6-12-21/h1,3-4,7-10,13-14,21H,2,5-6,11-12,15-19H2,(H,26,29). The highest BCUT2D eigenvalue weighted by molar-refractivity contribution is 5.77. The molecule has 1 N–H and O–H groups in total. The summed E-state index contributed by atoms with van der Waals surface area (Å²) in [6, 6.07) is 18.5. The Labute approximate surface area is 173 Å². The van der Waals surface area contributed by atoms with Crippen LogP contribution >= 0.6 is 0 Å². The van der Waals surface area contributed by atoms with Crippen LogP contribution in [0.2, 0.25) is 0 Å². The minimum absolute atomic E-state index is 0.0831. The number of hydrogen-bond donors (Lipinski definition) is 1. The van der Waals surface area contributed by atoms with Gasteiger partial charge in [-0.1, -0.05) is 74.6 Å². The number of nitrogens with one attached hydrogen (secondary N) is 1. The Bertz CT molecular complexity index is 926. The number of hydrogen-bond acceptors (Lipinski definition) is 2. The fourth-order valence-corrected chi connectivity index (χ4v) is 4.47. The van der Waals surface area contributed by atoms with E-state index in [2.05, 4.69) is 40.2 Å². The van der Waals surface area contributed by atoms with E-state index < -0.39 is 0 Å². The number of carbonyl (C=O) groups excluding carboxylic acids is 1. The van der Waals surface area contributed by atoms with E-state index in [0.29, 0.717) is 13.0 Å². The number of amides is 1. The molecule has 2 aromatic carbocycles. The van der Waals surface area contributed by atoms with Gasteiger partial charge in [0.1, 0.15) is 5.82 Å². The van der Waals surface area contributed by atoms with Crippen molar-refractivity contribution in [2.45, 2.75) is 64.5 Å². The van der Waals surface area contributed by atoms with Crippen LogP contribution in [-0.2, 0) is 24.3 Å². The molecule has 1 fully saturated rings. The number of nitrogens with zero attached hydrogens (tertiary/aromatic N) is 2. The van der Waals surface area contributed by atoms with Gasteiger partial charge in [-0.3, -0.25) is 4.79 Å². The summed E-state index contributed by atoms with van der Waals surface area (Å²) in [5.41, 5.74) is 3.39. The van der Waals surface area contributed by atoms with Gasteiger partial charge in [0, 0.05) is 13.0 Å². The van der Waals surface area contributed by atoms with Crippen molar-refractivity contribution in [1.82, 2.24) is 14.9 Å². The highest BCUT2D eigenvalue weighted by Crippen LogP contribution is 2.27. The zero-order valence-electron chi connectivity index (χ0n) is 17.1. The van der Waals surface area contributed by atoms with Crippen LogP contribution in [-0.4, -0.2) is 15.5 Å². The Kier molecular flexibility index (Phi) is 6.60. The molecular formula is C25H31N3O. The monoisotopic (exact) mass is 389 g/mol. The number of benzene rings is 2. The summed E-state index contributed by atoms with van der Waals surface area (Å²) in [7, 11) is 0. The summed E-state index contributed by atoms with van der Waals surface area (Å²) in [6.45, 7) is 1.48. The lowest BCUT2D eigenvalue weighted by Crippen LogP contribution is -2.25. The van der Waals surface area contributed by atoms with Crippen LogP contribution in [0.15, 0.2) is 54.6 Å². The lowest BCUT2D eigenvalue weighted by atomic mass is 9.87. The van der Waals surface area contributed by atoms with Crippen molar-refractivity contribution < 1.29 is 4.79 Å². The Morgan fingerprint density at radius 1 is 1.00 bits per heavy atom. The second-order valence-electron chi connectivity index (χ2n) is 8.22. The lowest BCUT2D eigenvalue weighted by Gasteiger charge is -2.22. The van der Waals surface area contributed by atoms with Crippen molar-refractivity contribution in [2.75, 3.05) is 0 Å². The lowest BCUT2D eigenvalue weighted by molar-refractivity contribution is -0.121. The van der Waals surface area contributed by atoms with Crippen molar-refractivity contribution in [2.24, 2.45) is 5.92 Å². The Balaban J connectivity index is 1.38. The topological polar surface area (TPSA) is 46.9 Å². The molecule has 1 amide bonds. The molecule has 4 rings (SSSR count). The molecule has 0 aliphatic heterocycles. The number of aryl methyl sites for hydroxylation is 2. The number of carbonyl (C=O) groups is 1. The summed E-state index contributed by atoms with van der Waals surface area (Å²) in [5, 5.41) is 3.09.